The van der Waals surface area contributed by atoms with Gasteiger partial charge in [-0.2, -0.15) is 0 Å². The van der Waals surface area contributed by atoms with Gasteiger partial charge in [-0.3, -0.25) is 0 Å². The molecule has 132 valence electrons. The van der Waals surface area contributed by atoms with Crippen molar-refractivity contribution in [3.63, 3.8) is 0 Å². The highest BCUT2D eigenvalue weighted by molar-refractivity contribution is 5.74. The fraction of sp³-hybridized carbons (Fsp3) is 0.389. The van der Waals surface area contributed by atoms with Crippen LogP contribution in [0.4, 0.5) is 4.79 Å². The molecule has 0 saturated carbocycles. The lowest BCUT2D eigenvalue weighted by Crippen LogP contribution is -2.37. The quantitative estimate of drug-likeness (QED) is 0.746. The maximum Gasteiger partial charge on any atom is 0.315 e. The topological polar surface area (TPSA) is 84.5 Å². The molecule has 0 radical (unpaired) electrons. The van der Waals surface area contributed by atoms with Gasteiger partial charge >= 0.3 is 6.03 Å². The third-order valence-electron chi connectivity index (χ3n) is 4.33. The van der Waals surface area contributed by atoms with E-state index in [-0.39, 0.29) is 12.1 Å². The van der Waals surface area contributed by atoms with Crippen LogP contribution >= 0.6 is 0 Å². The van der Waals surface area contributed by atoms with Crippen molar-refractivity contribution in [2.24, 2.45) is 0 Å². The number of aryl methyl sites for hydroxylation is 3. The highest BCUT2D eigenvalue weighted by Crippen LogP contribution is 2.23. The van der Waals surface area contributed by atoms with Gasteiger partial charge < -0.3 is 19.6 Å². The third kappa shape index (κ3) is 3.50. The van der Waals surface area contributed by atoms with Gasteiger partial charge in [0.25, 0.3) is 0 Å². The van der Waals surface area contributed by atoms with Crippen molar-refractivity contribution in [3.8, 4) is 0 Å². The maximum absolute atomic E-state index is 12.3. The number of carbonyl (C=O) groups is 1. The standard InChI is InChI=1S/C18H23N5O2/c1-5-15(17-12(3)22-25-13(17)4)21-18(24)19-9-14-10-23-11(2)7-6-8-16(23)20-14/h6-8,10,15H,5,9H2,1-4H3,(H2,19,21,24)/t15-/m0/s1. The van der Waals surface area contributed by atoms with E-state index >= 15 is 0 Å². The van der Waals surface area contributed by atoms with Gasteiger partial charge in [0, 0.05) is 17.5 Å². The van der Waals surface area contributed by atoms with Crippen molar-refractivity contribution >= 4 is 11.7 Å². The third-order valence-corrected chi connectivity index (χ3v) is 4.33. The summed E-state index contributed by atoms with van der Waals surface area (Å²) < 4.78 is 7.21. The van der Waals surface area contributed by atoms with Gasteiger partial charge in [-0.05, 0) is 39.3 Å². The second-order valence-corrected chi connectivity index (χ2v) is 6.15. The molecular weight excluding hydrogens is 318 g/mol. The van der Waals surface area contributed by atoms with Crippen LogP contribution in [0.2, 0.25) is 0 Å². The van der Waals surface area contributed by atoms with Crippen LogP contribution < -0.4 is 10.6 Å². The minimum Gasteiger partial charge on any atom is -0.361 e. The van der Waals surface area contributed by atoms with Gasteiger partial charge in [0.05, 0.1) is 24.0 Å². The van der Waals surface area contributed by atoms with Crippen LogP contribution in [0.25, 0.3) is 5.65 Å². The van der Waals surface area contributed by atoms with Crippen molar-refractivity contribution in [3.05, 3.63) is 52.8 Å². The molecule has 0 aliphatic rings. The minimum atomic E-state index is -0.236. The zero-order valence-corrected chi connectivity index (χ0v) is 15.0. The average Bonchev–Trinajstić information content (AvgIpc) is 3.15. The Hall–Kier alpha value is -2.83. The molecule has 3 aromatic heterocycles. The summed E-state index contributed by atoms with van der Waals surface area (Å²) in [5.74, 6) is 0.737. The number of amides is 2. The summed E-state index contributed by atoms with van der Waals surface area (Å²) >= 11 is 0. The van der Waals surface area contributed by atoms with E-state index in [0.717, 1.165) is 40.5 Å². The predicted octanol–water partition coefficient (Wildman–Crippen LogP) is 3.20. The molecule has 0 aliphatic carbocycles. The van der Waals surface area contributed by atoms with Crippen molar-refractivity contribution < 1.29 is 9.32 Å². The molecule has 3 heterocycles. The molecule has 2 N–H and O–H groups in total. The highest BCUT2D eigenvalue weighted by atomic mass is 16.5. The fourth-order valence-electron chi connectivity index (χ4n) is 3.03. The van der Waals surface area contributed by atoms with E-state index in [2.05, 4.69) is 20.8 Å². The van der Waals surface area contributed by atoms with Crippen LogP contribution in [-0.4, -0.2) is 20.6 Å². The van der Waals surface area contributed by atoms with Gasteiger partial charge in [0.1, 0.15) is 11.4 Å². The Morgan fingerprint density at radius 2 is 2.12 bits per heavy atom. The summed E-state index contributed by atoms with van der Waals surface area (Å²) in [4.78, 5) is 16.8. The van der Waals surface area contributed by atoms with E-state index in [1.54, 1.807) is 0 Å². The fourth-order valence-corrected chi connectivity index (χ4v) is 3.03. The second-order valence-electron chi connectivity index (χ2n) is 6.15. The molecule has 1 atom stereocenters. The maximum atomic E-state index is 12.3. The van der Waals surface area contributed by atoms with Crippen LogP contribution in [0.3, 0.4) is 0 Å². The molecule has 0 aromatic carbocycles. The zero-order valence-electron chi connectivity index (χ0n) is 15.0. The first-order valence-corrected chi connectivity index (χ1v) is 8.40. The van der Waals surface area contributed by atoms with Crippen molar-refractivity contribution in [2.45, 2.75) is 46.7 Å². The molecule has 0 saturated heterocycles. The van der Waals surface area contributed by atoms with E-state index in [1.165, 1.54) is 0 Å². The molecule has 0 fully saturated rings. The largest absolute Gasteiger partial charge is 0.361 e. The molecular formula is C18H23N5O2. The van der Waals surface area contributed by atoms with Crippen molar-refractivity contribution in [2.75, 3.05) is 0 Å². The Kier molecular flexibility index (Phi) is 4.74. The zero-order chi connectivity index (χ0) is 18.0. The van der Waals surface area contributed by atoms with Crippen LogP contribution in [0.5, 0.6) is 0 Å². The van der Waals surface area contributed by atoms with Gasteiger partial charge in [-0.25, -0.2) is 9.78 Å². The van der Waals surface area contributed by atoms with E-state index in [4.69, 9.17) is 4.52 Å². The number of nitrogens with zero attached hydrogens (tertiary/aromatic N) is 3. The molecule has 0 aliphatic heterocycles. The van der Waals surface area contributed by atoms with Gasteiger partial charge in [0.2, 0.25) is 0 Å². The number of pyridine rings is 1. The molecule has 3 aromatic rings. The number of rotatable bonds is 5. The van der Waals surface area contributed by atoms with Gasteiger partial charge in [0.15, 0.2) is 0 Å². The van der Waals surface area contributed by atoms with E-state index in [1.807, 2.05) is 56.5 Å². The SMILES string of the molecule is CC[C@H](NC(=O)NCc1cn2c(C)cccc2n1)c1c(C)noc1C. The summed E-state index contributed by atoms with van der Waals surface area (Å²) in [6.07, 6.45) is 2.69. The molecule has 0 spiro atoms. The molecule has 3 rings (SSSR count). The van der Waals surface area contributed by atoms with Crippen LogP contribution in [0, 0.1) is 20.8 Å². The first kappa shape index (κ1) is 17.0. The van der Waals surface area contributed by atoms with Crippen LogP contribution in [0.15, 0.2) is 28.9 Å². The molecule has 0 bridgehead atoms. The molecule has 2 amide bonds. The monoisotopic (exact) mass is 341 g/mol. The summed E-state index contributed by atoms with van der Waals surface area (Å²) in [5, 5.41) is 9.81. The van der Waals surface area contributed by atoms with E-state index < -0.39 is 0 Å². The minimum absolute atomic E-state index is 0.130. The molecule has 0 unspecified atom stereocenters. The second kappa shape index (κ2) is 6.96. The van der Waals surface area contributed by atoms with Crippen LogP contribution in [-0.2, 0) is 6.54 Å². The average molecular weight is 341 g/mol. The molecule has 25 heavy (non-hydrogen) atoms. The Balaban J connectivity index is 1.64. The van der Waals surface area contributed by atoms with Gasteiger partial charge in [-0.1, -0.05) is 18.1 Å². The number of carbonyl (C=O) groups excluding carboxylic acids is 1. The summed E-state index contributed by atoms with van der Waals surface area (Å²) in [7, 11) is 0. The first-order valence-electron chi connectivity index (χ1n) is 8.40. The van der Waals surface area contributed by atoms with Crippen molar-refractivity contribution in [1.82, 2.24) is 25.2 Å². The first-order chi connectivity index (χ1) is 12.0. The lowest BCUT2D eigenvalue weighted by Gasteiger charge is -2.17. The number of hydrogen-bond acceptors (Lipinski definition) is 4. The number of imidazole rings is 1. The summed E-state index contributed by atoms with van der Waals surface area (Å²) in [5.41, 5.74) is 4.54. The lowest BCUT2D eigenvalue weighted by atomic mass is 10.0. The molecule has 7 nitrogen and oxygen atoms in total. The Bertz CT molecular complexity index is 877. The Morgan fingerprint density at radius 3 is 2.76 bits per heavy atom. The Labute approximate surface area is 146 Å². The number of nitrogens with one attached hydrogen (secondary N) is 2. The van der Waals surface area contributed by atoms with Crippen LogP contribution in [0.1, 0.15) is 47.8 Å². The number of hydrogen-bond donors (Lipinski definition) is 2. The lowest BCUT2D eigenvalue weighted by molar-refractivity contribution is 0.236. The normalized spacial score (nSPS) is 12.3. The highest BCUT2D eigenvalue weighted by Gasteiger charge is 2.20. The van der Waals surface area contributed by atoms with E-state index in [9.17, 15) is 4.79 Å². The van der Waals surface area contributed by atoms with Gasteiger partial charge in [-0.15, -0.1) is 0 Å². The Morgan fingerprint density at radius 1 is 1.32 bits per heavy atom. The van der Waals surface area contributed by atoms with E-state index in [0.29, 0.717) is 6.54 Å². The predicted molar refractivity (Wildman–Crippen MR) is 94.3 cm³/mol. The smallest absolute Gasteiger partial charge is 0.315 e. The number of aromatic nitrogens is 3. The molecule has 7 heteroatoms. The summed E-state index contributed by atoms with van der Waals surface area (Å²) in [6, 6.07) is 5.57. The van der Waals surface area contributed by atoms with Crippen molar-refractivity contribution in [1.29, 1.82) is 0 Å². The summed E-state index contributed by atoms with van der Waals surface area (Å²) in [6.45, 7) is 8.14. The number of urea groups is 1. The number of fused-ring (bicyclic) bond motifs is 1.